The Kier molecular flexibility index (Phi) is 4.72. The van der Waals surface area contributed by atoms with E-state index in [1.54, 1.807) is 0 Å². The van der Waals surface area contributed by atoms with Gasteiger partial charge in [0.25, 0.3) is 0 Å². The van der Waals surface area contributed by atoms with Gasteiger partial charge in [0.2, 0.25) is 0 Å². The van der Waals surface area contributed by atoms with Crippen LogP contribution in [-0.2, 0) is 20.0 Å². The zero-order valence-electron chi connectivity index (χ0n) is 11.2. The normalized spacial score (nSPS) is 12.1. The molecule has 0 heterocycles. The van der Waals surface area contributed by atoms with Gasteiger partial charge in [-0.15, -0.1) is 0 Å². The molecule has 0 aliphatic rings. The molecule has 0 aliphatic heterocycles. The van der Waals surface area contributed by atoms with Gasteiger partial charge >= 0.3 is 10.1 Å². The summed E-state index contributed by atoms with van der Waals surface area (Å²) in [5.41, 5.74) is 0. The average molecular weight is 381 g/mol. The molecule has 0 saturated carbocycles. The van der Waals surface area contributed by atoms with Crippen LogP contribution in [0.2, 0.25) is 10.0 Å². The highest BCUT2D eigenvalue weighted by Gasteiger charge is 2.20. The van der Waals surface area contributed by atoms with Gasteiger partial charge in [0.1, 0.15) is 4.90 Å². The molecule has 5 nitrogen and oxygen atoms in total. The summed E-state index contributed by atoms with van der Waals surface area (Å²) in [5, 5.41) is 0.351. The maximum absolute atomic E-state index is 12.2. The summed E-state index contributed by atoms with van der Waals surface area (Å²) in [5.74, 6) is -0.101. The largest absolute Gasteiger partial charge is 0.377 e. The fraction of sp³-hybridized carbons (Fsp3) is 0.0769. The summed E-state index contributed by atoms with van der Waals surface area (Å²) in [4.78, 5) is -0.416. The number of hydrogen-bond donors (Lipinski definition) is 0. The lowest BCUT2D eigenvalue weighted by molar-refractivity contribution is 0.486. The van der Waals surface area contributed by atoms with Gasteiger partial charge in [-0.05, 0) is 36.4 Å². The van der Waals surface area contributed by atoms with Crippen molar-refractivity contribution in [1.82, 2.24) is 0 Å². The van der Waals surface area contributed by atoms with Gasteiger partial charge < -0.3 is 4.18 Å². The molecule has 0 bridgehead atoms. The molecule has 2 aromatic rings. The van der Waals surface area contributed by atoms with Crippen LogP contribution in [0.1, 0.15) is 0 Å². The van der Waals surface area contributed by atoms with Gasteiger partial charge in [-0.3, -0.25) is 0 Å². The Labute approximate surface area is 138 Å². The Bertz CT molecular complexity index is 921. The third-order valence-electron chi connectivity index (χ3n) is 2.62. The van der Waals surface area contributed by atoms with Crippen molar-refractivity contribution >= 4 is 43.2 Å². The molecule has 9 heteroatoms. The highest BCUT2D eigenvalue weighted by Crippen LogP contribution is 2.30. The van der Waals surface area contributed by atoms with Crippen LogP contribution in [-0.4, -0.2) is 23.1 Å². The van der Waals surface area contributed by atoms with E-state index in [1.807, 2.05) is 0 Å². The average Bonchev–Trinajstić information content (AvgIpc) is 2.41. The van der Waals surface area contributed by atoms with E-state index < -0.39 is 20.0 Å². The van der Waals surface area contributed by atoms with Crippen LogP contribution in [0.3, 0.4) is 0 Å². The lowest BCUT2D eigenvalue weighted by atomic mass is 10.3. The maximum atomic E-state index is 12.2. The zero-order valence-corrected chi connectivity index (χ0v) is 14.3. The number of hydrogen-bond acceptors (Lipinski definition) is 5. The summed E-state index contributed by atoms with van der Waals surface area (Å²) < 4.78 is 52.3. The lowest BCUT2D eigenvalue weighted by Gasteiger charge is -2.09. The van der Waals surface area contributed by atoms with Crippen molar-refractivity contribution in [2.75, 3.05) is 6.26 Å². The molecule has 0 amide bonds. The molecule has 0 N–H and O–H groups in total. The minimum Gasteiger partial charge on any atom is -0.377 e. The van der Waals surface area contributed by atoms with Crippen molar-refractivity contribution < 1.29 is 21.0 Å². The van der Waals surface area contributed by atoms with Crippen LogP contribution in [0.15, 0.2) is 52.3 Å². The second-order valence-corrected chi connectivity index (χ2v) is 8.76. The fourth-order valence-corrected chi connectivity index (χ4v) is 3.80. The van der Waals surface area contributed by atoms with E-state index in [9.17, 15) is 16.8 Å². The molecule has 0 fully saturated rings. The Balaban J connectivity index is 2.43. The van der Waals surface area contributed by atoms with Gasteiger partial charge in [0.15, 0.2) is 15.6 Å². The molecule has 2 rings (SSSR count). The van der Waals surface area contributed by atoms with Gasteiger partial charge in [-0.1, -0.05) is 29.3 Å². The van der Waals surface area contributed by atoms with Crippen LogP contribution in [0, 0.1) is 0 Å². The first kappa shape index (κ1) is 17.1. The lowest BCUT2D eigenvalue weighted by Crippen LogP contribution is -2.11. The molecule has 2 aromatic carbocycles. The van der Waals surface area contributed by atoms with Crippen molar-refractivity contribution in [1.29, 1.82) is 0 Å². The van der Waals surface area contributed by atoms with Gasteiger partial charge in [0.05, 0.1) is 9.92 Å². The molecule has 0 radical (unpaired) electrons. The Morgan fingerprint density at radius 1 is 0.909 bits per heavy atom. The Morgan fingerprint density at radius 2 is 1.55 bits per heavy atom. The highest BCUT2D eigenvalue weighted by molar-refractivity contribution is 7.90. The summed E-state index contributed by atoms with van der Waals surface area (Å²) in [6.45, 7) is 0. The standard InChI is InChI=1S/C13H10Cl2O5S2/c1-21(16,17)10-3-2-4-11(8-10)22(18,19)20-13-6-5-9(14)7-12(13)15/h2-8H,1H3. The van der Waals surface area contributed by atoms with Crippen LogP contribution in [0.4, 0.5) is 0 Å². The first-order valence-electron chi connectivity index (χ1n) is 5.79. The fourth-order valence-electron chi connectivity index (χ4n) is 1.57. The van der Waals surface area contributed by atoms with E-state index in [0.29, 0.717) is 5.02 Å². The molecule has 118 valence electrons. The molecular formula is C13H10Cl2O5S2. The number of benzene rings is 2. The molecule has 22 heavy (non-hydrogen) atoms. The topological polar surface area (TPSA) is 77.5 Å². The molecular weight excluding hydrogens is 371 g/mol. The molecule has 0 aliphatic carbocycles. The van der Waals surface area contributed by atoms with E-state index in [0.717, 1.165) is 12.3 Å². The number of halogens is 2. The van der Waals surface area contributed by atoms with Crippen LogP contribution in [0.25, 0.3) is 0 Å². The predicted molar refractivity (Wildman–Crippen MR) is 83.8 cm³/mol. The Hall–Kier alpha value is -1.28. The minimum absolute atomic E-state index is 0.0235. The smallest absolute Gasteiger partial charge is 0.339 e. The summed E-state index contributed by atoms with van der Waals surface area (Å²) in [7, 11) is -7.76. The summed E-state index contributed by atoms with van der Waals surface area (Å²) in [6, 6.07) is 8.93. The van der Waals surface area contributed by atoms with E-state index >= 15 is 0 Å². The Morgan fingerprint density at radius 3 is 2.14 bits per heavy atom. The second kappa shape index (κ2) is 6.08. The second-order valence-electron chi connectivity index (χ2n) is 4.36. The van der Waals surface area contributed by atoms with E-state index in [1.165, 1.54) is 36.4 Å². The first-order chi connectivity index (χ1) is 10.1. The van der Waals surface area contributed by atoms with Crippen molar-refractivity contribution in [3.8, 4) is 5.75 Å². The molecule has 0 saturated heterocycles. The van der Waals surface area contributed by atoms with Crippen molar-refractivity contribution in [2.45, 2.75) is 9.79 Å². The first-order valence-corrected chi connectivity index (χ1v) is 9.85. The summed E-state index contributed by atoms with van der Waals surface area (Å²) >= 11 is 11.6. The van der Waals surface area contributed by atoms with Crippen LogP contribution in [0.5, 0.6) is 5.75 Å². The van der Waals surface area contributed by atoms with Crippen molar-refractivity contribution in [3.05, 3.63) is 52.5 Å². The maximum Gasteiger partial charge on any atom is 0.339 e. The van der Waals surface area contributed by atoms with E-state index in [-0.39, 0.29) is 20.6 Å². The predicted octanol–water partition coefficient (Wildman–Crippen LogP) is 3.16. The SMILES string of the molecule is CS(=O)(=O)c1cccc(S(=O)(=O)Oc2ccc(Cl)cc2Cl)c1. The quantitative estimate of drug-likeness (QED) is 0.761. The monoisotopic (exact) mass is 380 g/mol. The van der Waals surface area contributed by atoms with Crippen LogP contribution < -0.4 is 4.18 Å². The third-order valence-corrected chi connectivity index (χ3v) is 5.49. The van der Waals surface area contributed by atoms with Crippen LogP contribution >= 0.6 is 23.2 Å². The molecule has 0 unspecified atom stereocenters. The van der Waals surface area contributed by atoms with Crippen molar-refractivity contribution in [3.63, 3.8) is 0 Å². The third kappa shape index (κ3) is 3.92. The van der Waals surface area contributed by atoms with E-state index in [4.69, 9.17) is 27.4 Å². The minimum atomic E-state index is -4.22. The van der Waals surface area contributed by atoms with Gasteiger partial charge in [-0.2, -0.15) is 8.42 Å². The molecule has 0 atom stereocenters. The molecule has 0 spiro atoms. The summed E-state index contributed by atoms with van der Waals surface area (Å²) in [6.07, 6.45) is 0.982. The van der Waals surface area contributed by atoms with Gasteiger partial charge in [-0.25, -0.2) is 8.42 Å². The number of rotatable bonds is 4. The van der Waals surface area contributed by atoms with E-state index in [2.05, 4.69) is 0 Å². The highest BCUT2D eigenvalue weighted by atomic mass is 35.5. The van der Waals surface area contributed by atoms with Gasteiger partial charge in [0, 0.05) is 11.3 Å². The van der Waals surface area contributed by atoms with Crippen molar-refractivity contribution in [2.24, 2.45) is 0 Å². The zero-order chi connectivity index (χ0) is 16.5. The molecule has 0 aromatic heterocycles. The number of sulfone groups is 1.